The van der Waals surface area contributed by atoms with Crippen LogP contribution >= 0.6 is 34.4 Å². The van der Waals surface area contributed by atoms with E-state index in [2.05, 4.69) is 15.3 Å². The number of anilines is 1. The summed E-state index contributed by atoms with van der Waals surface area (Å²) in [6.07, 6.45) is 2.14. The van der Waals surface area contributed by atoms with Gasteiger partial charge < -0.3 is 5.32 Å². The second-order valence-corrected chi connectivity index (χ2v) is 12.5. The van der Waals surface area contributed by atoms with E-state index in [0.29, 0.717) is 5.13 Å². The van der Waals surface area contributed by atoms with E-state index in [1.54, 1.807) is 61.2 Å². The van der Waals surface area contributed by atoms with Gasteiger partial charge in [0.2, 0.25) is 5.91 Å². The molecule has 1 amide bonds. The summed E-state index contributed by atoms with van der Waals surface area (Å²) in [5, 5.41) is 2.92. The molecule has 2 aromatic carbocycles. The van der Waals surface area contributed by atoms with Gasteiger partial charge in [0.25, 0.3) is 0 Å². The Kier molecular flexibility index (Phi) is 5.84. The number of hydrogen-bond acceptors (Lipinski definition) is 8. The minimum absolute atomic E-state index is 0.143. The molecule has 10 heteroatoms. The van der Waals surface area contributed by atoms with Gasteiger partial charge >= 0.3 is 0 Å². The van der Waals surface area contributed by atoms with E-state index in [-0.39, 0.29) is 17.2 Å². The molecule has 156 valence electrons. The number of nitrogens with one attached hydrogen (secondary N) is 1. The molecule has 0 unspecified atom stereocenters. The number of hydrogen-bond donors (Lipinski definition) is 1. The fourth-order valence-electron chi connectivity index (χ4n) is 2.91. The maximum atomic E-state index is 12.5. The molecule has 1 N–H and O–H groups in total. The van der Waals surface area contributed by atoms with E-state index in [0.717, 1.165) is 30.3 Å². The number of carbonyl (C=O) groups excluding carboxylic acids is 1. The highest BCUT2D eigenvalue weighted by Gasteiger charge is 2.19. The Bertz CT molecular complexity index is 1340. The first-order valence-electron chi connectivity index (χ1n) is 9.14. The van der Waals surface area contributed by atoms with Crippen LogP contribution in [0.15, 0.2) is 45.6 Å². The number of thiazole rings is 2. The smallest absolute Gasteiger partial charge is 0.230 e. The van der Waals surface area contributed by atoms with Crippen molar-refractivity contribution >= 4 is 75.7 Å². The number of carbonyl (C=O) groups is 1. The predicted molar refractivity (Wildman–Crippen MR) is 126 cm³/mol. The van der Waals surface area contributed by atoms with Crippen LogP contribution in [0.3, 0.4) is 0 Å². The molecule has 0 spiro atoms. The van der Waals surface area contributed by atoms with Crippen molar-refractivity contribution in [1.82, 2.24) is 9.97 Å². The molecule has 4 aromatic rings. The van der Waals surface area contributed by atoms with Crippen LogP contribution in [0.1, 0.15) is 19.4 Å². The summed E-state index contributed by atoms with van der Waals surface area (Å²) < 4.78 is 27.5. The van der Waals surface area contributed by atoms with Gasteiger partial charge in [-0.3, -0.25) is 4.79 Å². The highest BCUT2D eigenvalue weighted by molar-refractivity contribution is 8.00. The lowest BCUT2D eigenvalue weighted by Crippen LogP contribution is -2.15. The molecule has 30 heavy (non-hydrogen) atoms. The van der Waals surface area contributed by atoms with Gasteiger partial charge in [0.1, 0.15) is 0 Å². The van der Waals surface area contributed by atoms with Crippen molar-refractivity contribution in [3.63, 3.8) is 0 Å². The van der Waals surface area contributed by atoms with Gasteiger partial charge in [-0.1, -0.05) is 35.2 Å². The summed E-state index contributed by atoms with van der Waals surface area (Å²) >= 11 is 4.67. The summed E-state index contributed by atoms with van der Waals surface area (Å²) in [5.41, 5.74) is 2.52. The molecule has 6 nitrogen and oxygen atoms in total. The second-order valence-electron chi connectivity index (χ2n) is 6.93. The van der Waals surface area contributed by atoms with E-state index in [9.17, 15) is 13.2 Å². The highest BCUT2D eigenvalue weighted by Crippen LogP contribution is 2.38. The summed E-state index contributed by atoms with van der Waals surface area (Å²) in [5.74, 6) is -0.195. The third kappa shape index (κ3) is 4.09. The van der Waals surface area contributed by atoms with Crippen molar-refractivity contribution in [3.8, 4) is 0 Å². The Morgan fingerprint density at radius 3 is 2.30 bits per heavy atom. The Balaban J connectivity index is 1.51. The predicted octanol–water partition coefficient (Wildman–Crippen LogP) is 4.99. The van der Waals surface area contributed by atoms with Crippen molar-refractivity contribution < 1.29 is 13.2 Å². The van der Waals surface area contributed by atoms with Crippen LogP contribution in [-0.2, 0) is 21.1 Å². The molecule has 2 aromatic heterocycles. The van der Waals surface area contributed by atoms with Gasteiger partial charge in [0.15, 0.2) is 19.3 Å². The van der Waals surface area contributed by atoms with Crippen molar-refractivity contribution in [1.29, 1.82) is 0 Å². The van der Waals surface area contributed by atoms with E-state index < -0.39 is 15.1 Å². The molecule has 0 aliphatic carbocycles. The van der Waals surface area contributed by atoms with Crippen LogP contribution in [0.4, 0.5) is 5.13 Å². The van der Waals surface area contributed by atoms with Gasteiger partial charge in [-0.05, 0) is 49.9 Å². The quantitative estimate of drug-likeness (QED) is 0.394. The van der Waals surface area contributed by atoms with Gasteiger partial charge in [-0.2, -0.15) is 0 Å². The fourth-order valence-corrected chi connectivity index (χ4v) is 6.65. The number of fused-ring (bicyclic) bond motifs is 3. The van der Waals surface area contributed by atoms with E-state index in [1.807, 2.05) is 18.4 Å². The van der Waals surface area contributed by atoms with Gasteiger partial charge in [0.05, 0.1) is 37.0 Å². The van der Waals surface area contributed by atoms with Gasteiger partial charge in [-0.15, -0.1) is 11.3 Å². The van der Waals surface area contributed by atoms with Crippen LogP contribution < -0.4 is 5.32 Å². The highest BCUT2D eigenvalue weighted by atomic mass is 32.2. The first kappa shape index (κ1) is 21.2. The monoisotopic (exact) mass is 477 g/mol. The van der Waals surface area contributed by atoms with Crippen molar-refractivity contribution in [2.24, 2.45) is 0 Å². The van der Waals surface area contributed by atoms with E-state index in [4.69, 9.17) is 0 Å². The van der Waals surface area contributed by atoms with Gasteiger partial charge in [-0.25, -0.2) is 18.4 Å². The maximum absolute atomic E-state index is 12.5. The fraction of sp³-hybridized carbons (Fsp3) is 0.250. The van der Waals surface area contributed by atoms with Crippen LogP contribution in [0.2, 0.25) is 0 Å². The largest absolute Gasteiger partial charge is 0.302 e. The zero-order chi connectivity index (χ0) is 21.5. The number of rotatable bonds is 6. The van der Waals surface area contributed by atoms with Crippen molar-refractivity contribution in [2.75, 3.05) is 11.6 Å². The van der Waals surface area contributed by atoms with Crippen LogP contribution in [0.25, 0.3) is 20.4 Å². The SMILES string of the molecule is CSc1nc2ccc3nc(NC(=O)Cc4ccc(S(=O)(=O)C(C)C)cc4)sc3c2s1. The zero-order valence-corrected chi connectivity index (χ0v) is 19.8. The molecule has 0 radical (unpaired) electrons. The number of thioether (sulfide) groups is 1. The molecule has 0 aliphatic rings. The normalized spacial score (nSPS) is 12.1. The van der Waals surface area contributed by atoms with Gasteiger partial charge in [0, 0.05) is 0 Å². The zero-order valence-electron chi connectivity index (χ0n) is 16.5. The third-order valence-corrected chi connectivity index (χ3v) is 9.93. The summed E-state index contributed by atoms with van der Waals surface area (Å²) in [6.45, 7) is 3.30. The number of amides is 1. The minimum atomic E-state index is -3.32. The summed E-state index contributed by atoms with van der Waals surface area (Å²) in [6, 6.07) is 10.3. The molecule has 2 heterocycles. The van der Waals surface area contributed by atoms with Crippen LogP contribution in [-0.4, -0.2) is 35.8 Å². The van der Waals surface area contributed by atoms with Crippen LogP contribution in [0.5, 0.6) is 0 Å². The Morgan fingerprint density at radius 2 is 1.67 bits per heavy atom. The number of nitrogens with zero attached hydrogens (tertiary/aromatic N) is 2. The molecule has 0 atom stereocenters. The van der Waals surface area contributed by atoms with E-state index >= 15 is 0 Å². The first-order chi connectivity index (χ1) is 14.3. The minimum Gasteiger partial charge on any atom is -0.302 e. The molecule has 0 aliphatic heterocycles. The second kappa shape index (κ2) is 8.26. The third-order valence-electron chi connectivity index (χ3n) is 4.55. The number of aromatic nitrogens is 2. The van der Waals surface area contributed by atoms with Crippen molar-refractivity contribution in [3.05, 3.63) is 42.0 Å². The maximum Gasteiger partial charge on any atom is 0.230 e. The first-order valence-corrected chi connectivity index (χ1v) is 13.5. The Hall–Kier alpha value is -2.01. The van der Waals surface area contributed by atoms with E-state index in [1.165, 1.54) is 11.3 Å². The Labute approximate surface area is 186 Å². The van der Waals surface area contributed by atoms with Crippen molar-refractivity contribution in [2.45, 2.75) is 34.8 Å². The lowest BCUT2D eigenvalue weighted by atomic mass is 10.1. The molecule has 0 saturated heterocycles. The molecule has 4 rings (SSSR count). The lowest BCUT2D eigenvalue weighted by molar-refractivity contribution is -0.115. The molecular weight excluding hydrogens is 459 g/mol. The Morgan fingerprint density at radius 1 is 1.03 bits per heavy atom. The van der Waals surface area contributed by atoms with Crippen LogP contribution in [0, 0.1) is 0 Å². The topological polar surface area (TPSA) is 89.0 Å². The number of sulfone groups is 1. The summed E-state index contributed by atoms with van der Waals surface area (Å²) in [7, 11) is -3.32. The standard InChI is InChI=1S/C20H19N3O3S4/c1-11(2)30(25,26)13-6-4-12(5-7-13)10-16(24)23-19-21-14-8-9-15-18(17(14)28-19)29-20(22-15)27-3/h4-9,11H,10H2,1-3H3,(H,21,23,24). The molecular formula is C20H19N3O3S4. The molecule has 0 saturated carbocycles. The number of benzene rings is 2. The molecule has 0 bridgehead atoms. The average molecular weight is 478 g/mol. The average Bonchev–Trinajstić information content (AvgIpc) is 3.31. The molecule has 0 fully saturated rings. The summed E-state index contributed by atoms with van der Waals surface area (Å²) in [4.78, 5) is 21.9. The lowest BCUT2D eigenvalue weighted by Gasteiger charge is -2.08.